The summed E-state index contributed by atoms with van der Waals surface area (Å²) < 4.78 is 0. The number of rotatable bonds is 5. The van der Waals surface area contributed by atoms with E-state index in [4.69, 9.17) is 5.84 Å². The third kappa shape index (κ3) is 3.20. The fourth-order valence-corrected chi connectivity index (χ4v) is 3.40. The number of carbonyl (C=O) groups is 1. The fraction of sp³-hybridized carbons (Fsp3) is 0.417. The minimum atomic E-state index is -0.602. The van der Waals surface area contributed by atoms with E-state index in [-0.39, 0.29) is 16.9 Å². The number of nitrogen functional groups attached to an aromatic ring is 1. The quantitative estimate of drug-likeness (QED) is 0.430. The molecule has 2 rings (SSSR count). The first-order valence-corrected chi connectivity index (χ1v) is 7.39. The number of nitrogens with two attached hydrogens (primary N) is 1. The molecule has 1 amide bonds. The van der Waals surface area contributed by atoms with E-state index in [0.29, 0.717) is 12.5 Å². The van der Waals surface area contributed by atoms with Crippen LogP contribution < -0.4 is 16.6 Å². The maximum Gasteiger partial charge on any atom is 0.306 e. The lowest BCUT2D eigenvalue weighted by atomic mass is 10.1. The van der Waals surface area contributed by atoms with Gasteiger partial charge in [-0.25, -0.2) is 0 Å². The zero-order valence-electron chi connectivity index (χ0n) is 10.8. The lowest BCUT2D eigenvalue weighted by molar-refractivity contribution is -0.384. The average Bonchev–Trinajstić information content (AvgIpc) is 2.96. The van der Waals surface area contributed by atoms with Crippen LogP contribution in [0.3, 0.4) is 0 Å². The van der Waals surface area contributed by atoms with Crippen molar-refractivity contribution in [1.29, 1.82) is 0 Å². The van der Waals surface area contributed by atoms with Gasteiger partial charge in [-0.3, -0.25) is 20.8 Å². The van der Waals surface area contributed by atoms with Crippen molar-refractivity contribution in [3.05, 3.63) is 33.9 Å². The molecule has 1 atom stereocenters. The molecule has 1 fully saturated rings. The Morgan fingerprint density at radius 2 is 2.35 bits per heavy atom. The highest BCUT2D eigenvalue weighted by Crippen LogP contribution is 2.28. The minimum absolute atomic E-state index is 0.0242. The molecule has 4 N–H and O–H groups in total. The third-order valence-electron chi connectivity index (χ3n) is 3.19. The van der Waals surface area contributed by atoms with Crippen molar-refractivity contribution in [1.82, 2.24) is 5.32 Å². The number of anilines is 1. The van der Waals surface area contributed by atoms with Gasteiger partial charge in [-0.2, -0.15) is 11.8 Å². The van der Waals surface area contributed by atoms with Crippen LogP contribution in [0.4, 0.5) is 11.4 Å². The van der Waals surface area contributed by atoms with Crippen LogP contribution in [0.1, 0.15) is 16.8 Å². The molecule has 1 aliphatic heterocycles. The summed E-state index contributed by atoms with van der Waals surface area (Å²) in [5.41, 5.74) is 2.09. The van der Waals surface area contributed by atoms with Crippen LogP contribution in [0, 0.1) is 16.0 Å². The number of nitrogens with zero attached hydrogens (tertiary/aromatic N) is 1. The zero-order chi connectivity index (χ0) is 14.5. The van der Waals surface area contributed by atoms with E-state index in [1.807, 2.05) is 11.8 Å². The van der Waals surface area contributed by atoms with Crippen molar-refractivity contribution >= 4 is 29.0 Å². The Labute approximate surface area is 120 Å². The van der Waals surface area contributed by atoms with Gasteiger partial charge < -0.3 is 10.7 Å². The molecule has 1 aromatic rings. The van der Waals surface area contributed by atoms with E-state index in [1.54, 1.807) is 6.07 Å². The largest absolute Gasteiger partial charge is 0.352 e. The summed E-state index contributed by atoms with van der Waals surface area (Å²) in [5, 5.41) is 13.9. The van der Waals surface area contributed by atoms with Crippen LogP contribution in [-0.2, 0) is 0 Å². The highest BCUT2D eigenvalue weighted by molar-refractivity contribution is 7.99. The Morgan fingerprint density at radius 3 is 2.95 bits per heavy atom. The second kappa shape index (κ2) is 6.58. The number of carbonyl (C=O) groups excluding carboxylic acids is 1. The molecular weight excluding hydrogens is 280 g/mol. The number of hydrazine groups is 1. The molecule has 1 unspecified atom stereocenters. The summed E-state index contributed by atoms with van der Waals surface area (Å²) in [7, 11) is 0. The Hall–Kier alpha value is -1.80. The molecule has 0 radical (unpaired) electrons. The first-order valence-electron chi connectivity index (χ1n) is 6.23. The maximum absolute atomic E-state index is 12.1. The van der Waals surface area contributed by atoms with Gasteiger partial charge in [0.2, 0.25) is 0 Å². The molecule has 108 valence electrons. The molecule has 1 heterocycles. The second-order valence-corrected chi connectivity index (χ2v) is 5.69. The van der Waals surface area contributed by atoms with Crippen molar-refractivity contribution in [3.63, 3.8) is 0 Å². The first kappa shape index (κ1) is 14.6. The van der Waals surface area contributed by atoms with Crippen molar-refractivity contribution < 1.29 is 9.72 Å². The first-order chi connectivity index (χ1) is 9.63. The van der Waals surface area contributed by atoms with Crippen LogP contribution in [0.15, 0.2) is 18.2 Å². The third-order valence-corrected chi connectivity index (χ3v) is 4.43. The molecule has 0 aliphatic carbocycles. The number of hydrogen-bond donors (Lipinski definition) is 3. The monoisotopic (exact) mass is 296 g/mol. The molecule has 20 heavy (non-hydrogen) atoms. The van der Waals surface area contributed by atoms with Gasteiger partial charge in [0.1, 0.15) is 11.3 Å². The average molecular weight is 296 g/mol. The summed E-state index contributed by atoms with van der Waals surface area (Å²) in [5.74, 6) is 7.37. The Balaban J connectivity index is 2.14. The number of nitrogens with one attached hydrogen (secondary N) is 2. The molecule has 8 heteroatoms. The van der Waals surface area contributed by atoms with Crippen molar-refractivity contribution in [3.8, 4) is 0 Å². The molecule has 0 spiro atoms. The summed E-state index contributed by atoms with van der Waals surface area (Å²) in [4.78, 5) is 22.6. The van der Waals surface area contributed by atoms with E-state index in [2.05, 4.69) is 10.7 Å². The molecule has 1 aromatic carbocycles. The van der Waals surface area contributed by atoms with Gasteiger partial charge in [-0.05, 0) is 36.0 Å². The van der Waals surface area contributed by atoms with E-state index >= 15 is 0 Å². The number of nitro groups is 1. The standard InChI is InChI=1S/C12H16N4O3S/c13-15-10-3-1-2-9(11(10)16(18)19)12(17)14-6-8-4-5-20-7-8/h1-3,8,15H,4-7,13H2,(H,14,17). The molecule has 0 aromatic heterocycles. The molecule has 0 bridgehead atoms. The van der Waals surface area contributed by atoms with Crippen molar-refractivity contribution in [2.75, 3.05) is 23.5 Å². The lowest BCUT2D eigenvalue weighted by Gasteiger charge is -2.11. The molecule has 7 nitrogen and oxygen atoms in total. The summed E-state index contributed by atoms with van der Waals surface area (Å²) in [6, 6.07) is 4.45. The Morgan fingerprint density at radius 1 is 1.55 bits per heavy atom. The molecular formula is C12H16N4O3S. The predicted molar refractivity (Wildman–Crippen MR) is 78.7 cm³/mol. The van der Waals surface area contributed by atoms with Gasteiger partial charge in [0.15, 0.2) is 0 Å². The van der Waals surface area contributed by atoms with Crippen LogP contribution >= 0.6 is 11.8 Å². The normalized spacial score (nSPS) is 17.8. The highest BCUT2D eigenvalue weighted by Gasteiger charge is 2.25. The summed E-state index contributed by atoms with van der Waals surface area (Å²) >= 11 is 1.86. The van der Waals surface area contributed by atoms with Gasteiger partial charge >= 0.3 is 5.69 Å². The number of hydrogen-bond acceptors (Lipinski definition) is 6. The van der Waals surface area contributed by atoms with Crippen molar-refractivity contribution in [2.24, 2.45) is 11.8 Å². The summed E-state index contributed by atoms with van der Waals surface area (Å²) in [6.07, 6.45) is 1.07. The highest BCUT2D eigenvalue weighted by atomic mass is 32.2. The Kier molecular flexibility index (Phi) is 4.80. The van der Waals surface area contributed by atoms with E-state index in [1.165, 1.54) is 12.1 Å². The smallest absolute Gasteiger partial charge is 0.306 e. The lowest BCUT2D eigenvalue weighted by Crippen LogP contribution is -2.30. The molecule has 0 saturated carbocycles. The second-order valence-electron chi connectivity index (χ2n) is 4.54. The zero-order valence-corrected chi connectivity index (χ0v) is 11.6. The fourth-order valence-electron chi connectivity index (χ4n) is 2.12. The SMILES string of the molecule is NNc1cccc(C(=O)NCC2CCSC2)c1[N+](=O)[O-]. The van der Waals surface area contributed by atoms with Gasteiger partial charge in [-0.15, -0.1) is 0 Å². The number of para-hydroxylation sites is 1. The number of nitro benzene ring substituents is 1. The molecule has 1 aliphatic rings. The van der Waals surface area contributed by atoms with Crippen LogP contribution in [0.25, 0.3) is 0 Å². The maximum atomic E-state index is 12.1. The minimum Gasteiger partial charge on any atom is -0.352 e. The number of amides is 1. The van der Waals surface area contributed by atoms with Crippen LogP contribution in [-0.4, -0.2) is 28.9 Å². The van der Waals surface area contributed by atoms with E-state index in [0.717, 1.165) is 17.9 Å². The Bertz CT molecular complexity index is 517. The predicted octanol–water partition coefficient (Wildman–Crippen LogP) is 1.36. The van der Waals surface area contributed by atoms with Gasteiger partial charge in [0.25, 0.3) is 5.91 Å². The van der Waals surface area contributed by atoms with Crippen molar-refractivity contribution in [2.45, 2.75) is 6.42 Å². The number of benzene rings is 1. The number of thioether (sulfide) groups is 1. The topological polar surface area (TPSA) is 110 Å². The van der Waals surface area contributed by atoms with Gasteiger partial charge in [0.05, 0.1) is 4.92 Å². The molecule has 1 saturated heterocycles. The van der Waals surface area contributed by atoms with Gasteiger partial charge in [0, 0.05) is 6.54 Å². The summed E-state index contributed by atoms with van der Waals surface area (Å²) in [6.45, 7) is 0.545. The van der Waals surface area contributed by atoms with E-state index in [9.17, 15) is 14.9 Å². The van der Waals surface area contributed by atoms with Crippen LogP contribution in [0.5, 0.6) is 0 Å². The van der Waals surface area contributed by atoms with Crippen LogP contribution in [0.2, 0.25) is 0 Å². The van der Waals surface area contributed by atoms with Gasteiger partial charge in [-0.1, -0.05) is 6.07 Å². The van der Waals surface area contributed by atoms with E-state index < -0.39 is 10.8 Å².